The molecule has 1 aliphatic heterocycles. The third kappa shape index (κ3) is 2.14. The molecule has 0 aromatic heterocycles. The van der Waals surface area contributed by atoms with Crippen LogP contribution in [0.5, 0.6) is 0 Å². The van der Waals surface area contributed by atoms with E-state index < -0.39 is 0 Å². The zero-order valence-electron chi connectivity index (χ0n) is 10.6. The van der Waals surface area contributed by atoms with Crippen molar-refractivity contribution >= 4 is 0 Å². The minimum absolute atomic E-state index is 0.920. The number of hydrogen-bond donors (Lipinski definition) is 1. The summed E-state index contributed by atoms with van der Waals surface area (Å²) < 4.78 is 0. The molecule has 2 bridgehead atoms. The molecule has 0 amide bonds. The third-order valence-corrected chi connectivity index (χ3v) is 5.24. The molecule has 0 radical (unpaired) electrons. The van der Waals surface area contributed by atoms with Gasteiger partial charge in [0.15, 0.2) is 0 Å². The van der Waals surface area contributed by atoms with Gasteiger partial charge in [0.2, 0.25) is 0 Å². The van der Waals surface area contributed by atoms with Crippen LogP contribution in [0.2, 0.25) is 0 Å². The van der Waals surface area contributed by atoms with Gasteiger partial charge in [-0.3, -0.25) is 0 Å². The van der Waals surface area contributed by atoms with Crippen LogP contribution in [0, 0.1) is 23.7 Å². The van der Waals surface area contributed by atoms with E-state index in [9.17, 15) is 0 Å². The second kappa shape index (κ2) is 4.66. The SMILES string of the molecule is CNCC1CCN(CC2CC3CCC2C3)C1. The lowest BCUT2D eigenvalue weighted by Gasteiger charge is -2.27. The zero-order valence-corrected chi connectivity index (χ0v) is 10.6. The maximum atomic E-state index is 3.32. The third-order valence-electron chi connectivity index (χ3n) is 5.24. The van der Waals surface area contributed by atoms with Crippen molar-refractivity contribution in [3.63, 3.8) is 0 Å². The first kappa shape index (κ1) is 11.0. The summed E-state index contributed by atoms with van der Waals surface area (Å²) in [5, 5.41) is 3.32. The molecule has 1 heterocycles. The van der Waals surface area contributed by atoms with Crippen LogP contribution < -0.4 is 5.32 Å². The van der Waals surface area contributed by atoms with Crippen LogP contribution in [-0.2, 0) is 0 Å². The van der Waals surface area contributed by atoms with Crippen LogP contribution in [0.25, 0.3) is 0 Å². The topological polar surface area (TPSA) is 15.3 Å². The molecule has 3 fully saturated rings. The van der Waals surface area contributed by atoms with Crippen LogP contribution in [0.15, 0.2) is 0 Å². The maximum absolute atomic E-state index is 3.32. The molecule has 4 atom stereocenters. The molecule has 3 aliphatic rings. The Morgan fingerprint density at radius 3 is 2.81 bits per heavy atom. The van der Waals surface area contributed by atoms with Gasteiger partial charge in [0, 0.05) is 13.1 Å². The molecule has 0 aromatic rings. The molecular weight excluding hydrogens is 196 g/mol. The molecular formula is C14H26N2. The predicted octanol–water partition coefficient (Wildman–Crippen LogP) is 1.96. The summed E-state index contributed by atoms with van der Waals surface area (Å²) in [5.74, 6) is 4.20. The summed E-state index contributed by atoms with van der Waals surface area (Å²) in [5.41, 5.74) is 0. The Kier molecular flexibility index (Phi) is 3.21. The average molecular weight is 222 g/mol. The standard InChI is InChI=1S/C14H26N2/c1-15-8-12-4-5-16(9-12)10-14-7-11-2-3-13(14)6-11/h11-15H,2-10H2,1H3. The monoisotopic (exact) mass is 222 g/mol. The highest BCUT2D eigenvalue weighted by molar-refractivity contribution is 4.92. The number of fused-ring (bicyclic) bond motifs is 2. The summed E-state index contributed by atoms with van der Waals surface area (Å²) in [6, 6.07) is 0. The number of nitrogens with zero attached hydrogens (tertiary/aromatic N) is 1. The van der Waals surface area contributed by atoms with E-state index in [1.165, 1.54) is 32.6 Å². The molecule has 1 N–H and O–H groups in total. The van der Waals surface area contributed by atoms with Crippen molar-refractivity contribution in [2.45, 2.75) is 32.1 Å². The molecule has 2 heteroatoms. The lowest BCUT2D eigenvalue weighted by Crippen LogP contribution is -2.31. The van der Waals surface area contributed by atoms with Gasteiger partial charge in [-0.2, -0.15) is 0 Å². The fourth-order valence-corrected chi connectivity index (χ4v) is 4.47. The molecule has 0 spiro atoms. The minimum atomic E-state index is 0.920. The Morgan fingerprint density at radius 1 is 1.19 bits per heavy atom. The van der Waals surface area contributed by atoms with Gasteiger partial charge >= 0.3 is 0 Å². The second-order valence-electron chi connectivity index (χ2n) is 6.41. The first-order chi connectivity index (χ1) is 7.85. The highest BCUT2D eigenvalue weighted by atomic mass is 15.2. The van der Waals surface area contributed by atoms with Gasteiger partial charge in [0.25, 0.3) is 0 Å². The van der Waals surface area contributed by atoms with Crippen molar-refractivity contribution in [3.8, 4) is 0 Å². The van der Waals surface area contributed by atoms with Crippen LogP contribution in [0.3, 0.4) is 0 Å². The van der Waals surface area contributed by atoms with Gasteiger partial charge in [0.05, 0.1) is 0 Å². The molecule has 2 nitrogen and oxygen atoms in total. The number of nitrogens with one attached hydrogen (secondary N) is 1. The van der Waals surface area contributed by atoms with Gasteiger partial charge in [0.1, 0.15) is 0 Å². The summed E-state index contributed by atoms with van der Waals surface area (Å²) in [7, 11) is 2.08. The Balaban J connectivity index is 1.46. The molecule has 92 valence electrons. The van der Waals surface area contributed by atoms with Gasteiger partial charge in [-0.25, -0.2) is 0 Å². The highest BCUT2D eigenvalue weighted by Crippen LogP contribution is 2.48. The molecule has 2 aliphatic carbocycles. The van der Waals surface area contributed by atoms with Gasteiger partial charge < -0.3 is 10.2 Å². The normalized spacial score (nSPS) is 43.3. The predicted molar refractivity (Wildman–Crippen MR) is 67.4 cm³/mol. The Hall–Kier alpha value is -0.0800. The van der Waals surface area contributed by atoms with Gasteiger partial charge in [-0.15, -0.1) is 0 Å². The molecule has 0 aromatic carbocycles. The lowest BCUT2D eigenvalue weighted by molar-refractivity contribution is 0.214. The van der Waals surface area contributed by atoms with Gasteiger partial charge in [-0.1, -0.05) is 6.42 Å². The minimum Gasteiger partial charge on any atom is -0.319 e. The van der Waals surface area contributed by atoms with Crippen LogP contribution in [-0.4, -0.2) is 38.1 Å². The highest BCUT2D eigenvalue weighted by Gasteiger charge is 2.40. The van der Waals surface area contributed by atoms with E-state index in [-0.39, 0.29) is 0 Å². The van der Waals surface area contributed by atoms with Crippen molar-refractivity contribution in [3.05, 3.63) is 0 Å². The molecule has 4 unspecified atom stereocenters. The van der Waals surface area contributed by atoms with Crippen LogP contribution in [0.4, 0.5) is 0 Å². The van der Waals surface area contributed by atoms with E-state index in [0.717, 1.165) is 23.7 Å². The molecule has 2 saturated carbocycles. The fraction of sp³-hybridized carbons (Fsp3) is 1.00. The Morgan fingerprint density at radius 2 is 2.12 bits per heavy atom. The quantitative estimate of drug-likeness (QED) is 0.782. The Bertz CT molecular complexity index is 241. The largest absolute Gasteiger partial charge is 0.319 e. The van der Waals surface area contributed by atoms with Crippen LogP contribution >= 0.6 is 0 Å². The van der Waals surface area contributed by atoms with E-state index in [0.29, 0.717) is 0 Å². The summed E-state index contributed by atoms with van der Waals surface area (Å²) >= 11 is 0. The average Bonchev–Trinajstić information content (AvgIpc) is 2.95. The summed E-state index contributed by atoms with van der Waals surface area (Å²) in [6.07, 6.45) is 7.63. The van der Waals surface area contributed by atoms with Crippen molar-refractivity contribution in [1.29, 1.82) is 0 Å². The first-order valence-electron chi connectivity index (χ1n) is 7.22. The lowest BCUT2D eigenvalue weighted by atomic mass is 9.88. The number of hydrogen-bond acceptors (Lipinski definition) is 2. The van der Waals surface area contributed by atoms with Crippen molar-refractivity contribution < 1.29 is 0 Å². The second-order valence-corrected chi connectivity index (χ2v) is 6.41. The summed E-state index contributed by atoms with van der Waals surface area (Å²) in [6.45, 7) is 5.35. The molecule has 3 rings (SSSR count). The van der Waals surface area contributed by atoms with E-state index in [1.807, 2.05) is 0 Å². The number of rotatable bonds is 4. The molecule has 1 saturated heterocycles. The van der Waals surface area contributed by atoms with E-state index in [1.54, 1.807) is 25.7 Å². The number of likely N-dealkylation sites (tertiary alicyclic amines) is 1. The Labute approximate surface area is 99.8 Å². The van der Waals surface area contributed by atoms with Crippen molar-refractivity contribution in [2.24, 2.45) is 23.7 Å². The van der Waals surface area contributed by atoms with E-state index in [4.69, 9.17) is 0 Å². The first-order valence-corrected chi connectivity index (χ1v) is 7.22. The van der Waals surface area contributed by atoms with Crippen molar-refractivity contribution in [1.82, 2.24) is 10.2 Å². The van der Waals surface area contributed by atoms with Gasteiger partial charge in [-0.05, 0) is 69.5 Å². The van der Waals surface area contributed by atoms with Crippen molar-refractivity contribution in [2.75, 3.05) is 33.2 Å². The van der Waals surface area contributed by atoms with E-state index in [2.05, 4.69) is 17.3 Å². The summed E-state index contributed by atoms with van der Waals surface area (Å²) in [4.78, 5) is 2.74. The fourth-order valence-electron chi connectivity index (χ4n) is 4.47. The maximum Gasteiger partial charge on any atom is 0.00224 e. The van der Waals surface area contributed by atoms with Crippen LogP contribution in [0.1, 0.15) is 32.1 Å². The smallest absolute Gasteiger partial charge is 0.00224 e. The molecule has 16 heavy (non-hydrogen) atoms. The van der Waals surface area contributed by atoms with E-state index >= 15 is 0 Å². The zero-order chi connectivity index (χ0) is 11.0.